The van der Waals surface area contributed by atoms with Gasteiger partial charge in [-0.15, -0.1) is 0 Å². The minimum Gasteiger partial charge on any atom is -0.311 e. The molecule has 0 fully saturated rings. The van der Waals surface area contributed by atoms with Crippen molar-refractivity contribution in [3.8, 4) is 22.3 Å². The Morgan fingerprint density at radius 3 is 1.23 bits per heavy atom. The molecule has 10 aromatic carbocycles. The highest BCUT2D eigenvalue weighted by molar-refractivity contribution is 5.99. The van der Waals surface area contributed by atoms with Crippen molar-refractivity contribution in [3.05, 3.63) is 260 Å². The molecule has 0 N–H and O–H groups in total. The van der Waals surface area contributed by atoms with E-state index in [9.17, 15) is 0 Å². The predicted molar refractivity (Wildman–Crippen MR) is 271 cm³/mol. The Bertz CT molecular complexity index is 3170. The highest BCUT2D eigenvalue weighted by Gasteiger charge is 2.35. The minimum absolute atomic E-state index is 0.0844. The number of anilines is 9. The standard InChI is InChI=1S/C61H47N3/c1-61(2)58-27-15-14-26-56(58)57-42-41-54(43-59(57)61)63(49-23-10-5-11-24-49)50-33-29-44(30-34-50)45-31-35-52(36-32-45)64(60-28-16-18-46-17-12-13-25-55(46)60)53-39-37-51(38-40-53)62(47-19-6-3-7-20-47)48-21-8-4-9-22-48/h3-43H,1-2H3. The van der Waals surface area contributed by atoms with Crippen LogP contribution in [0.1, 0.15) is 25.0 Å². The summed E-state index contributed by atoms with van der Waals surface area (Å²) in [5.41, 5.74) is 17.7. The van der Waals surface area contributed by atoms with Crippen molar-refractivity contribution in [1.82, 2.24) is 0 Å². The Morgan fingerprint density at radius 1 is 0.281 bits per heavy atom. The summed E-state index contributed by atoms with van der Waals surface area (Å²) in [5.74, 6) is 0. The first-order valence-electron chi connectivity index (χ1n) is 22.1. The van der Waals surface area contributed by atoms with Crippen molar-refractivity contribution in [2.24, 2.45) is 0 Å². The molecule has 0 unspecified atom stereocenters. The van der Waals surface area contributed by atoms with Crippen LogP contribution >= 0.6 is 0 Å². The van der Waals surface area contributed by atoms with Crippen LogP contribution in [0.3, 0.4) is 0 Å². The molecule has 0 atom stereocenters. The molecule has 0 heterocycles. The molecule has 306 valence electrons. The Kier molecular flexibility index (Phi) is 9.86. The van der Waals surface area contributed by atoms with Gasteiger partial charge in [0.15, 0.2) is 0 Å². The summed E-state index contributed by atoms with van der Waals surface area (Å²) in [4.78, 5) is 7.05. The number of fused-ring (bicyclic) bond motifs is 4. The van der Waals surface area contributed by atoms with Gasteiger partial charge in [0.05, 0.1) is 5.69 Å². The van der Waals surface area contributed by atoms with Gasteiger partial charge in [-0.05, 0) is 142 Å². The number of benzene rings is 10. The van der Waals surface area contributed by atoms with Crippen molar-refractivity contribution in [2.45, 2.75) is 19.3 Å². The molecule has 0 aliphatic heterocycles. The first kappa shape index (κ1) is 38.8. The number of para-hydroxylation sites is 3. The van der Waals surface area contributed by atoms with Gasteiger partial charge in [-0.2, -0.15) is 0 Å². The lowest BCUT2D eigenvalue weighted by Gasteiger charge is -2.29. The molecule has 11 rings (SSSR count). The molecule has 64 heavy (non-hydrogen) atoms. The van der Waals surface area contributed by atoms with Gasteiger partial charge in [0, 0.05) is 56.3 Å². The van der Waals surface area contributed by atoms with Crippen LogP contribution in [0.15, 0.2) is 249 Å². The maximum atomic E-state index is 2.40. The van der Waals surface area contributed by atoms with Crippen LogP contribution in [0.2, 0.25) is 0 Å². The van der Waals surface area contributed by atoms with E-state index in [2.05, 4.69) is 277 Å². The molecule has 10 aromatic rings. The molecule has 0 spiro atoms. The van der Waals surface area contributed by atoms with E-state index in [4.69, 9.17) is 0 Å². The molecule has 1 aliphatic carbocycles. The van der Waals surface area contributed by atoms with E-state index in [1.165, 1.54) is 33.0 Å². The van der Waals surface area contributed by atoms with Crippen molar-refractivity contribution < 1.29 is 0 Å². The van der Waals surface area contributed by atoms with Crippen LogP contribution in [0, 0.1) is 0 Å². The zero-order valence-electron chi connectivity index (χ0n) is 36.0. The van der Waals surface area contributed by atoms with Crippen molar-refractivity contribution >= 4 is 62.0 Å². The first-order chi connectivity index (χ1) is 31.5. The third kappa shape index (κ3) is 6.98. The molecule has 0 radical (unpaired) electrons. The van der Waals surface area contributed by atoms with Gasteiger partial charge in [0.25, 0.3) is 0 Å². The van der Waals surface area contributed by atoms with Gasteiger partial charge in [0.1, 0.15) is 0 Å². The molecule has 3 nitrogen and oxygen atoms in total. The van der Waals surface area contributed by atoms with Crippen LogP contribution < -0.4 is 14.7 Å². The summed E-state index contributed by atoms with van der Waals surface area (Å²) in [6.07, 6.45) is 0. The molecule has 3 heteroatoms. The summed E-state index contributed by atoms with van der Waals surface area (Å²) in [6.45, 7) is 4.69. The first-order valence-corrected chi connectivity index (χ1v) is 22.1. The van der Waals surface area contributed by atoms with Crippen molar-refractivity contribution in [3.63, 3.8) is 0 Å². The molecule has 0 amide bonds. The van der Waals surface area contributed by atoms with E-state index in [-0.39, 0.29) is 5.41 Å². The number of rotatable bonds is 10. The van der Waals surface area contributed by atoms with Crippen LogP contribution in [0.4, 0.5) is 51.2 Å². The number of hydrogen-bond donors (Lipinski definition) is 0. The van der Waals surface area contributed by atoms with Crippen molar-refractivity contribution in [1.29, 1.82) is 0 Å². The smallest absolute Gasteiger partial charge is 0.0540 e. The average Bonchev–Trinajstić information content (AvgIpc) is 3.59. The normalized spacial score (nSPS) is 12.3. The van der Waals surface area contributed by atoms with E-state index in [1.54, 1.807) is 0 Å². The SMILES string of the molecule is CC1(C)c2ccccc2-c2ccc(N(c3ccccc3)c3ccc(-c4ccc(N(c5ccc(N(c6ccccc6)c6ccccc6)cc5)c5cccc6ccccc56)cc4)cc3)cc21. The summed E-state index contributed by atoms with van der Waals surface area (Å²) in [7, 11) is 0. The average molecular weight is 822 g/mol. The van der Waals surface area contributed by atoms with Gasteiger partial charge in [-0.3, -0.25) is 0 Å². The Morgan fingerprint density at radius 2 is 0.672 bits per heavy atom. The molecule has 0 aromatic heterocycles. The minimum atomic E-state index is -0.0844. The lowest BCUT2D eigenvalue weighted by Crippen LogP contribution is -2.16. The fourth-order valence-electron chi connectivity index (χ4n) is 9.64. The second-order valence-electron chi connectivity index (χ2n) is 17.0. The molecule has 0 saturated heterocycles. The maximum absolute atomic E-state index is 2.40. The van der Waals surface area contributed by atoms with Gasteiger partial charge in [-0.1, -0.05) is 159 Å². The Labute approximate surface area is 376 Å². The van der Waals surface area contributed by atoms with E-state index in [1.807, 2.05) is 0 Å². The van der Waals surface area contributed by atoms with Gasteiger partial charge in [0.2, 0.25) is 0 Å². The molecule has 0 bridgehead atoms. The molecule has 0 saturated carbocycles. The third-order valence-electron chi connectivity index (χ3n) is 12.8. The summed E-state index contributed by atoms with van der Waals surface area (Å²) in [6, 6.07) is 89.8. The van der Waals surface area contributed by atoms with Crippen LogP contribution in [-0.4, -0.2) is 0 Å². The Balaban J connectivity index is 0.936. The highest BCUT2D eigenvalue weighted by Crippen LogP contribution is 2.51. The quantitative estimate of drug-likeness (QED) is 0.136. The largest absolute Gasteiger partial charge is 0.311 e. The lowest BCUT2D eigenvalue weighted by molar-refractivity contribution is 0.660. The summed E-state index contributed by atoms with van der Waals surface area (Å²) < 4.78 is 0. The van der Waals surface area contributed by atoms with Crippen LogP contribution in [0.5, 0.6) is 0 Å². The second kappa shape index (κ2) is 16.3. The van der Waals surface area contributed by atoms with Crippen LogP contribution in [-0.2, 0) is 5.41 Å². The second-order valence-corrected chi connectivity index (χ2v) is 17.0. The van der Waals surface area contributed by atoms with E-state index >= 15 is 0 Å². The monoisotopic (exact) mass is 821 g/mol. The van der Waals surface area contributed by atoms with Crippen molar-refractivity contribution in [2.75, 3.05) is 14.7 Å². The fourth-order valence-corrected chi connectivity index (χ4v) is 9.64. The topological polar surface area (TPSA) is 9.72 Å². The van der Waals surface area contributed by atoms with Gasteiger partial charge in [-0.25, -0.2) is 0 Å². The van der Waals surface area contributed by atoms with Gasteiger partial charge < -0.3 is 14.7 Å². The van der Waals surface area contributed by atoms with E-state index < -0.39 is 0 Å². The summed E-state index contributed by atoms with van der Waals surface area (Å²) in [5, 5.41) is 2.40. The zero-order chi connectivity index (χ0) is 43.0. The zero-order valence-corrected chi connectivity index (χ0v) is 36.0. The van der Waals surface area contributed by atoms with Gasteiger partial charge >= 0.3 is 0 Å². The number of nitrogens with zero attached hydrogens (tertiary/aromatic N) is 3. The fraction of sp³-hybridized carbons (Fsp3) is 0.0492. The molecular formula is C61H47N3. The molecule has 1 aliphatic rings. The van der Waals surface area contributed by atoms with E-state index in [0.717, 1.165) is 62.3 Å². The summed E-state index contributed by atoms with van der Waals surface area (Å²) >= 11 is 0. The molecular weight excluding hydrogens is 775 g/mol. The Hall–Kier alpha value is -8.14. The van der Waals surface area contributed by atoms with Crippen LogP contribution in [0.25, 0.3) is 33.0 Å². The lowest BCUT2D eigenvalue weighted by atomic mass is 9.82. The van der Waals surface area contributed by atoms with E-state index in [0.29, 0.717) is 0 Å². The maximum Gasteiger partial charge on any atom is 0.0540 e. The predicted octanol–water partition coefficient (Wildman–Crippen LogP) is 17.2. The third-order valence-corrected chi connectivity index (χ3v) is 12.8. The number of hydrogen-bond acceptors (Lipinski definition) is 3. The highest BCUT2D eigenvalue weighted by atomic mass is 15.2.